The lowest BCUT2D eigenvalue weighted by Gasteiger charge is -2.22. The minimum Gasteiger partial charge on any atom is -0.406 e. The van der Waals surface area contributed by atoms with Gasteiger partial charge in [-0.05, 0) is 24.1 Å². The average molecular weight is 335 g/mol. The number of rotatable bonds is 5. The molecule has 1 amide bonds. The van der Waals surface area contributed by atoms with Crippen molar-refractivity contribution in [1.29, 1.82) is 0 Å². The van der Waals surface area contributed by atoms with Crippen molar-refractivity contribution in [3.63, 3.8) is 0 Å². The molecule has 0 saturated carbocycles. The number of carbonyl (C=O) groups excluding carboxylic acids is 1. The second kappa shape index (κ2) is 7.16. The molecule has 2 atom stereocenters. The van der Waals surface area contributed by atoms with Gasteiger partial charge in [0.1, 0.15) is 11.9 Å². The van der Waals surface area contributed by atoms with E-state index in [1.807, 2.05) is 0 Å². The highest BCUT2D eigenvalue weighted by Gasteiger charge is 2.34. The van der Waals surface area contributed by atoms with Gasteiger partial charge in [-0.25, -0.2) is 4.39 Å². The van der Waals surface area contributed by atoms with E-state index in [1.165, 1.54) is 29.2 Å². The molecule has 0 unspecified atom stereocenters. The maximum atomic E-state index is 13.3. The quantitative estimate of drug-likeness (QED) is 0.841. The second-order valence-corrected chi connectivity index (χ2v) is 5.41. The van der Waals surface area contributed by atoms with Gasteiger partial charge < -0.3 is 14.7 Å². The van der Waals surface area contributed by atoms with Crippen LogP contribution in [0.4, 0.5) is 17.6 Å². The van der Waals surface area contributed by atoms with Gasteiger partial charge in [-0.15, -0.1) is 13.2 Å². The Morgan fingerprint density at radius 3 is 2.52 bits per heavy atom. The van der Waals surface area contributed by atoms with Gasteiger partial charge in [-0.3, -0.25) is 4.79 Å². The van der Waals surface area contributed by atoms with Crippen LogP contribution in [0.25, 0.3) is 0 Å². The first kappa shape index (κ1) is 17.5. The molecular formula is C15H17F4NO3. The molecule has 0 bridgehead atoms. The zero-order chi connectivity index (χ0) is 17.0. The highest BCUT2D eigenvalue weighted by Crippen LogP contribution is 2.24. The van der Waals surface area contributed by atoms with Crippen LogP contribution in [-0.4, -0.2) is 47.6 Å². The van der Waals surface area contributed by atoms with E-state index in [0.717, 1.165) is 0 Å². The Labute approximate surface area is 130 Å². The Morgan fingerprint density at radius 1 is 1.30 bits per heavy atom. The van der Waals surface area contributed by atoms with E-state index in [-0.39, 0.29) is 37.6 Å². The fraction of sp³-hybridized carbons (Fsp3) is 0.533. The Balaban J connectivity index is 1.87. The molecule has 8 heteroatoms. The van der Waals surface area contributed by atoms with Crippen molar-refractivity contribution in [3.05, 3.63) is 29.8 Å². The summed E-state index contributed by atoms with van der Waals surface area (Å²) in [4.78, 5) is 13.4. The molecule has 1 aliphatic rings. The van der Waals surface area contributed by atoms with E-state index in [1.54, 1.807) is 0 Å². The molecule has 1 N–H and O–H groups in total. The standard InChI is InChI=1S/C15H17F4NO3/c16-11-7-12(9-21)20(8-11)14(22)6-3-10-1-4-13(5-2-10)23-15(17,18)19/h1-2,4-5,11-12,21H,3,6-9H2/t11-,12-/m0/s1. The first-order valence-corrected chi connectivity index (χ1v) is 7.17. The molecule has 1 saturated heterocycles. The summed E-state index contributed by atoms with van der Waals surface area (Å²) in [5, 5.41) is 9.15. The lowest BCUT2D eigenvalue weighted by Crippen LogP contribution is -2.37. The van der Waals surface area contributed by atoms with Gasteiger partial charge in [0.05, 0.1) is 19.2 Å². The summed E-state index contributed by atoms with van der Waals surface area (Å²) >= 11 is 0. The van der Waals surface area contributed by atoms with Gasteiger partial charge in [0, 0.05) is 12.8 Å². The minimum atomic E-state index is -4.74. The van der Waals surface area contributed by atoms with Crippen molar-refractivity contribution < 1.29 is 32.2 Å². The van der Waals surface area contributed by atoms with Gasteiger partial charge in [-0.2, -0.15) is 0 Å². The number of benzene rings is 1. The number of nitrogens with zero attached hydrogens (tertiary/aromatic N) is 1. The van der Waals surface area contributed by atoms with Crippen LogP contribution >= 0.6 is 0 Å². The van der Waals surface area contributed by atoms with E-state index in [0.29, 0.717) is 12.0 Å². The van der Waals surface area contributed by atoms with E-state index in [2.05, 4.69) is 4.74 Å². The number of alkyl halides is 4. The van der Waals surface area contributed by atoms with Crippen LogP contribution < -0.4 is 4.74 Å². The number of halogens is 4. The van der Waals surface area contributed by atoms with Gasteiger partial charge >= 0.3 is 6.36 Å². The topological polar surface area (TPSA) is 49.8 Å². The normalized spacial score (nSPS) is 21.5. The Morgan fingerprint density at radius 2 is 1.96 bits per heavy atom. The predicted molar refractivity (Wildman–Crippen MR) is 73.5 cm³/mol. The average Bonchev–Trinajstić information content (AvgIpc) is 2.86. The van der Waals surface area contributed by atoms with Crippen LogP contribution in [0.3, 0.4) is 0 Å². The number of aryl methyl sites for hydroxylation is 1. The molecule has 0 aromatic heterocycles. The molecule has 1 fully saturated rings. The van der Waals surface area contributed by atoms with Crippen molar-refractivity contribution in [2.24, 2.45) is 0 Å². The summed E-state index contributed by atoms with van der Waals surface area (Å²) in [6.45, 7) is -0.307. The SMILES string of the molecule is O=C(CCc1ccc(OC(F)(F)F)cc1)N1C[C@@H](F)C[C@H]1CO. The van der Waals surface area contributed by atoms with Crippen LogP contribution in [0.1, 0.15) is 18.4 Å². The van der Waals surface area contributed by atoms with Crippen molar-refractivity contribution in [1.82, 2.24) is 4.90 Å². The lowest BCUT2D eigenvalue weighted by molar-refractivity contribution is -0.274. The van der Waals surface area contributed by atoms with Gasteiger partial charge in [-0.1, -0.05) is 12.1 Å². The summed E-state index contributed by atoms with van der Waals surface area (Å²) in [5.74, 6) is -0.604. The Hall–Kier alpha value is -1.83. The summed E-state index contributed by atoms with van der Waals surface area (Å²) < 4.78 is 53.2. The smallest absolute Gasteiger partial charge is 0.406 e. The molecule has 1 heterocycles. The monoisotopic (exact) mass is 335 g/mol. The van der Waals surface area contributed by atoms with Gasteiger partial charge in [0.25, 0.3) is 0 Å². The van der Waals surface area contributed by atoms with E-state index in [9.17, 15) is 22.4 Å². The number of aliphatic hydroxyl groups is 1. The van der Waals surface area contributed by atoms with Crippen LogP contribution in [-0.2, 0) is 11.2 Å². The largest absolute Gasteiger partial charge is 0.573 e. The molecule has 2 rings (SSSR count). The van der Waals surface area contributed by atoms with E-state index >= 15 is 0 Å². The maximum absolute atomic E-state index is 13.3. The van der Waals surface area contributed by atoms with Crippen LogP contribution in [0.15, 0.2) is 24.3 Å². The Bertz CT molecular complexity index is 533. The number of ether oxygens (including phenoxy) is 1. The van der Waals surface area contributed by atoms with Gasteiger partial charge in [0.15, 0.2) is 0 Å². The number of carbonyl (C=O) groups is 1. The second-order valence-electron chi connectivity index (χ2n) is 5.41. The van der Waals surface area contributed by atoms with Crippen molar-refractivity contribution in [2.75, 3.05) is 13.2 Å². The molecule has 1 aliphatic heterocycles. The number of aliphatic hydroxyl groups excluding tert-OH is 1. The predicted octanol–water partition coefficient (Wildman–Crippen LogP) is 2.45. The highest BCUT2D eigenvalue weighted by molar-refractivity contribution is 5.77. The number of hydrogen-bond acceptors (Lipinski definition) is 3. The third-order valence-electron chi connectivity index (χ3n) is 3.68. The maximum Gasteiger partial charge on any atom is 0.573 e. The fourth-order valence-electron chi connectivity index (χ4n) is 2.59. The van der Waals surface area contributed by atoms with Gasteiger partial charge in [0.2, 0.25) is 5.91 Å². The lowest BCUT2D eigenvalue weighted by atomic mass is 10.1. The fourth-order valence-corrected chi connectivity index (χ4v) is 2.59. The molecule has 0 aliphatic carbocycles. The first-order chi connectivity index (χ1) is 10.8. The third kappa shape index (κ3) is 5.09. The molecule has 128 valence electrons. The Kier molecular flexibility index (Phi) is 5.46. The highest BCUT2D eigenvalue weighted by atomic mass is 19.4. The van der Waals surface area contributed by atoms with Crippen molar-refractivity contribution >= 4 is 5.91 Å². The van der Waals surface area contributed by atoms with Crippen LogP contribution in [0.2, 0.25) is 0 Å². The third-order valence-corrected chi connectivity index (χ3v) is 3.68. The molecule has 0 spiro atoms. The molecule has 4 nitrogen and oxygen atoms in total. The molecule has 1 aromatic rings. The minimum absolute atomic E-state index is 0.0254. The van der Waals surface area contributed by atoms with Crippen molar-refractivity contribution in [3.8, 4) is 5.75 Å². The number of likely N-dealkylation sites (tertiary alicyclic amines) is 1. The molecule has 1 aromatic carbocycles. The summed E-state index contributed by atoms with van der Waals surface area (Å²) in [5.41, 5.74) is 0.671. The van der Waals surface area contributed by atoms with Crippen LogP contribution in [0.5, 0.6) is 5.75 Å². The molecule has 0 radical (unpaired) electrons. The van der Waals surface area contributed by atoms with Crippen LogP contribution in [0, 0.1) is 0 Å². The van der Waals surface area contributed by atoms with E-state index < -0.39 is 18.6 Å². The summed E-state index contributed by atoms with van der Waals surface area (Å²) in [7, 11) is 0. The number of hydrogen-bond donors (Lipinski definition) is 1. The molecule has 23 heavy (non-hydrogen) atoms. The zero-order valence-corrected chi connectivity index (χ0v) is 12.2. The summed E-state index contributed by atoms with van der Waals surface area (Å²) in [6.07, 6.45) is -5.32. The van der Waals surface area contributed by atoms with Crippen molar-refractivity contribution in [2.45, 2.75) is 37.8 Å². The van der Waals surface area contributed by atoms with E-state index in [4.69, 9.17) is 5.11 Å². The summed E-state index contributed by atoms with van der Waals surface area (Å²) in [6, 6.07) is 4.74. The zero-order valence-electron chi connectivity index (χ0n) is 12.2. The number of amides is 1. The first-order valence-electron chi connectivity index (χ1n) is 7.17. The molecular weight excluding hydrogens is 318 g/mol.